The molecular formula is C17H21N3O3. The van der Waals surface area contributed by atoms with E-state index in [1.54, 1.807) is 17.2 Å². The number of carboxylic acids is 1. The van der Waals surface area contributed by atoms with Gasteiger partial charge in [0, 0.05) is 18.2 Å². The number of amides is 1. The zero-order valence-electron chi connectivity index (χ0n) is 13.0. The number of hydrogen-bond donors (Lipinski definition) is 1. The molecule has 1 aliphatic heterocycles. The van der Waals surface area contributed by atoms with Crippen molar-refractivity contribution in [1.82, 2.24) is 14.9 Å². The van der Waals surface area contributed by atoms with Gasteiger partial charge in [0.25, 0.3) is 5.91 Å². The van der Waals surface area contributed by atoms with Crippen LogP contribution in [-0.4, -0.2) is 43.9 Å². The number of carbonyl (C=O) groups excluding carboxylic acids is 1. The van der Waals surface area contributed by atoms with E-state index in [0.717, 1.165) is 44.3 Å². The third-order valence-electron chi connectivity index (χ3n) is 5.44. The lowest BCUT2D eigenvalue weighted by Gasteiger charge is -2.32. The Balaban J connectivity index is 1.64. The molecule has 3 fully saturated rings. The first-order valence-corrected chi connectivity index (χ1v) is 8.53. The van der Waals surface area contributed by atoms with Gasteiger partial charge in [0.2, 0.25) is 0 Å². The Morgan fingerprint density at radius 2 is 1.96 bits per heavy atom. The van der Waals surface area contributed by atoms with Crippen molar-refractivity contribution in [3.8, 4) is 0 Å². The van der Waals surface area contributed by atoms with Crippen LogP contribution in [0.5, 0.6) is 0 Å². The summed E-state index contributed by atoms with van der Waals surface area (Å²) in [5, 5.41) is 9.55. The zero-order valence-corrected chi connectivity index (χ0v) is 13.0. The number of aliphatic carboxylic acids is 1. The molecule has 23 heavy (non-hydrogen) atoms. The molecule has 2 aliphatic carbocycles. The zero-order chi connectivity index (χ0) is 16.0. The lowest BCUT2D eigenvalue weighted by molar-refractivity contribution is -0.141. The molecule has 6 heteroatoms. The normalized spacial score (nSPS) is 30.1. The Hall–Kier alpha value is -1.98. The Morgan fingerprint density at radius 3 is 2.70 bits per heavy atom. The minimum atomic E-state index is -0.899. The summed E-state index contributed by atoms with van der Waals surface area (Å²) >= 11 is 0. The molecule has 3 aliphatic rings. The maximum absolute atomic E-state index is 13.0. The minimum Gasteiger partial charge on any atom is -0.480 e. The average Bonchev–Trinajstić information content (AvgIpc) is 3.34. The molecule has 0 radical (unpaired) electrons. The molecule has 0 unspecified atom stereocenters. The molecule has 1 aromatic rings. The quantitative estimate of drug-likeness (QED) is 0.924. The van der Waals surface area contributed by atoms with Crippen molar-refractivity contribution >= 4 is 11.9 Å². The molecular weight excluding hydrogens is 294 g/mol. The number of hydrogen-bond acceptors (Lipinski definition) is 4. The third-order valence-corrected chi connectivity index (χ3v) is 5.44. The second-order valence-corrected chi connectivity index (χ2v) is 6.99. The number of carboxylic acid groups (broad SMARTS) is 1. The Bertz CT molecular complexity index is 644. The van der Waals surface area contributed by atoms with Gasteiger partial charge in [-0.15, -0.1) is 0 Å². The first kappa shape index (κ1) is 14.6. The van der Waals surface area contributed by atoms with Crippen LogP contribution in [0.1, 0.15) is 67.2 Å². The minimum absolute atomic E-state index is 0.0525. The van der Waals surface area contributed by atoms with Crippen LogP contribution in [0.3, 0.4) is 0 Å². The summed E-state index contributed by atoms with van der Waals surface area (Å²) in [5.74, 6) is 0.278. The van der Waals surface area contributed by atoms with E-state index in [4.69, 9.17) is 0 Å². The predicted molar refractivity (Wildman–Crippen MR) is 82.0 cm³/mol. The topological polar surface area (TPSA) is 83.4 Å². The molecule has 2 saturated carbocycles. The summed E-state index contributed by atoms with van der Waals surface area (Å²) in [6.07, 6.45) is 8.47. The van der Waals surface area contributed by atoms with Crippen molar-refractivity contribution in [2.45, 2.75) is 62.9 Å². The number of carbonyl (C=O) groups is 2. The fourth-order valence-corrected chi connectivity index (χ4v) is 4.14. The van der Waals surface area contributed by atoms with Gasteiger partial charge in [0.15, 0.2) is 0 Å². The molecule has 1 amide bonds. The van der Waals surface area contributed by atoms with Crippen molar-refractivity contribution in [1.29, 1.82) is 0 Å². The van der Waals surface area contributed by atoms with E-state index >= 15 is 0 Å². The standard InChI is InChI=1S/C17H21N3O3/c21-16(12-7-8-18-15(19-12)10-5-6-10)20-13-4-2-1-3-11(13)9-14(20)17(22)23/h7-8,10-11,13-14H,1-6,9H2,(H,22,23)/t11-,13+,14-/m0/s1. The van der Waals surface area contributed by atoms with E-state index in [1.165, 1.54) is 0 Å². The molecule has 122 valence electrons. The summed E-state index contributed by atoms with van der Waals surface area (Å²) in [6, 6.07) is 0.954. The van der Waals surface area contributed by atoms with Crippen LogP contribution in [0.25, 0.3) is 0 Å². The number of fused-ring (bicyclic) bond motifs is 1. The summed E-state index contributed by atoms with van der Waals surface area (Å²) in [7, 11) is 0. The molecule has 3 atom stereocenters. The molecule has 2 heterocycles. The van der Waals surface area contributed by atoms with E-state index in [2.05, 4.69) is 9.97 Å². The van der Waals surface area contributed by atoms with Crippen molar-refractivity contribution in [3.63, 3.8) is 0 Å². The van der Waals surface area contributed by atoms with E-state index < -0.39 is 12.0 Å². The van der Waals surface area contributed by atoms with Crippen molar-refractivity contribution in [3.05, 3.63) is 23.8 Å². The third kappa shape index (κ3) is 2.60. The van der Waals surface area contributed by atoms with Gasteiger partial charge in [0.05, 0.1) is 0 Å². The highest BCUT2D eigenvalue weighted by atomic mass is 16.4. The number of nitrogens with zero attached hydrogens (tertiary/aromatic N) is 3. The predicted octanol–water partition coefficient (Wildman–Crippen LogP) is 2.21. The van der Waals surface area contributed by atoms with Gasteiger partial charge >= 0.3 is 5.97 Å². The van der Waals surface area contributed by atoms with Gasteiger partial charge < -0.3 is 10.0 Å². The summed E-state index contributed by atoms with van der Waals surface area (Å²) < 4.78 is 0. The van der Waals surface area contributed by atoms with Gasteiger partial charge in [0.1, 0.15) is 17.6 Å². The highest BCUT2D eigenvalue weighted by molar-refractivity contribution is 5.95. The fraction of sp³-hybridized carbons (Fsp3) is 0.647. The van der Waals surface area contributed by atoms with E-state index in [1.807, 2.05) is 0 Å². The van der Waals surface area contributed by atoms with Crippen LogP contribution in [0.2, 0.25) is 0 Å². The Labute approximate surface area is 134 Å². The highest BCUT2D eigenvalue weighted by Crippen LogP contribution is 2.41. The van der Waals surface area contributed by atoms with Gasteiger partial charge in [-0.05, 0) is 44.1 Å². The maximum atomic E-state index is 13.0. The van der Waals surface area contributed by atoms with E-state index in [-0.39, 0.29) is 11.9 Å². The van der Waals surface area contributed by atoms with Gasteiger partial charge in [-0.2, -0.15) is 0 Å². The largest absolute Gasteiger partial charge is 0.480 e. The van der Waals surface area contributed by atoms with Crippen LogP contribution in [0.15, 0.2) is 12.3 Å². The van der Waals surface area contributed by atoms with E-state index in [0.29, 0.717) is 24.0 Å². The smallest absolute Gasteiger partial charge is 0.326 e. The second kappa shape index (κ2) is 5.58. The SMILES string of the molecule is O=C(O)[C@@H]1C[C@@H]2CCCC[C@H]2N1C(=O)c1ccnc(C2CC2)n1. The molecule has 4 rings (SSSR count). The Kier molecular flexibility index (Phi) is 3.54. The summed E-state index contributed by atoms with van der Waals surface area (Å²) in [5.41, 5.74) is 0.347. The average molecular weight is 315 g/mol. The molecule has 0 aromatic carbocycles. The summed E-state index contributed by atoms with van der Waals surface area (Å²) in [4.78, 5) is 34.9. The van der Waals surface area contributed by atoms with Crippen LogP contribution in [-0.2, 0) is 4.79 Å². The second-order valence-electron chi connectivity index (χ2n) is 6.99. The molecule has 1 N–H and O–H groups in total. The van der Waals surface area contributed by atoms with Crippen LogP contribution in [0, 0.1) is 5.92 Å². The number of rotatable bonds is 3. The highest BCUT2D eigenvalue weighted by Gasteiger charge is 2.48. The van der Waals surface area contributed by atoms with Gasteiger partial charge in [-0.25, -0.2) is 14.8 Å². The molecule has 1 aromatic heterocycles. The lowest BCUT2D eigenvalue weighted by atomic mass is 9.84. The van der Waals surface area contributed by atoms with Crippen molar-refractivity contribution in [2.24, 2.45) is 5.92 Å². The number of aromatic nitrogens is 2. The van der Waals surface area contributed by atoms with E-state index in [9.17, 15) is 14.7 Å². The van der Waals surface area contributed by atoms with Crippen molar-refractivity contribution < 1.29 is 14.7 Å². The van der Waals surface area contributed by atoms with Gasteiger partial charge in [-0.1, -0.05) is 12.8 Å². The number of likely N-dealkylation sites (tertiary alicyclic amines) is 1. The maximum Gasteiger partial charge on any atom is 0.326 e. The monoisotopic (exact) mass is 315 g/mol. The lowest BCUT2D eigenvalue weighted by Crippen LogP contribution is -2.46. The first-order chi connectivity index (χ1) is 11.1. The Morgan fingerprint density at radius 1 is 1.17 bits per heavy atom. The van der Waals surface area contributed by atoms with Gasteiger partial charge in [-0.3, -0.25) is 4.79 Å². The first-order valence-electron chi connectivity index (χ1n) is 8.53. The van der Waals surface area contributed by atoms with Crippen molar-refractivity contribution in [2.75, 3.05) is 0 Å². The van der Waals surface area contributed by atoms with Crippen LogP contribution < -0.4 is 0 Å². The fourth-order valence-electron chi connectivity index (χ4n) is 4.14. The molecule has 0 spiro atoms. The van der Waals surface area contributed by atoms with Crippen LogP contribution in [0.4, 0.5) is 0 Å². The summed E-state index contributed by atoms with van der Waals surface area (Å²) in [6.45, 7) is 0. The molecule has 1 saturated heterocycles. The van der Waals surface area contributed by atoms with Crippen LogP contribution >= 0.6 is 0 Å². The molecule has 6 nitrogen and oxygen atoms in total. The molecule has 0 bridgehead atoms.